The second-order valence-electron chi connectivity index (χ2n) is 13.6. The van der Waals surface area contributed by atoms with Crippen molar-refractivity contribution >= 4 is 17.8 Å². The molecule has 9 nitrogen and oxygen atoms in total. The van der Waals surface area contributed by atoms with Gasteiger partial charge in [0.05, 0.1) is 37.1 Å². The van der Waals surface area contributed by atoms with Gasteiger partial charge in [-0.2, -0.15) is 0 Å². The maximum Gasteiger partial charge on any atom is 0.309 e. The Morgan fingerprint density at radius 1 is 0.745 bits per heavy atom. The zero-order valence-electron chi connectivity index (χ0n) is 31.7. The summed E-state index contributed by atoms with van der Waals surface area (Å²) in [5.41, 5.74) is 3.68. The highest BCUT2D eigenvalue weighted by molar-refractivity contribution is 5.86. The van der Waals surface area contributed by atoms with Gasteiger partial charge in [0.15, 0.2) is 0 Å². The van der Waals surface area contributed by atoms with Crippen molar-refractivity contribution in [2.24, 2.45) is 11.8 Å². The smallest absolute Gasteiger partial charge is 0.309 e. The molecule has 5 atom stereocenters. The number of amides is 2. The summed E-state index contributed by atoms with van der Waals surface area (Å²) in [4.78, 5) is 41.1. The summed E-state index contributed by atoms with van der Waals surface area (Å²) in [5, 5.41) is 16.1. The van der Waals surface area contributed by atoms with Gasteiger partial charge in [0.2, 0.25) is 11.8 Å². The topological polar surface area (TPSA) is 123 Å². The van der Waals surface area contributed by atoms with Crippen molar-refractivity contribution in [2.75, 3.05) is 20.3 Å². The predicted molar refractivity (Wildman–Crippen MR) is 215 cm³/mol. The van der Waals surface area contributed by atoms with Crippen LogP contribution in [-0.4, -0.2) is 55.3 Å². The molecule has 0 aliphatic rings. The summed E-state index contributed by atoms with van der Waals surface area (Å²) in [6.07, 6.45) is 4.67. The van der Waals surface area contributed by atoms with Crippen LogP contribution in [-0.2, 0) is 43.3 Å². The molecule has 55 heavy (non-hydrogen) atoms. The molecule has 5 unspecified atom stereocenters. The molecule has 0 saturated heterocycles. The lowest BCUT2D eigenvalue weighted by atomic mass is 9.94. The summed E-state index contributed by atoms with van der Waals surface area (Å²) in [5.74, 6) is -1.68. The largest absolute Gasteiger partial charge is 0.489 e. The second kappa shape index (κ2) is 23.3. The number of hydrogen-bond donors (Lipinski definition) is 3. The lowest BCUT2D eigenvalue weighted by Crippen LogP contribution is -2.47. The third-order valence-corrected chi connectivity index (χ3v) is 9.28. The number of hydrogen-bond acceptors (Lipinski definition) is 7. The van der Waals surface area contributed by atoms with Crippen molar-refractivity contribution < 1.29 is 33.7 Å². The number of carbonyl (C=O) groups is 3. The van der Waals surface area contributed by atoms with Crippen LogP contribution in [0.1, 0.15) is 54.0 Å². The summed E-state index contributed by atoms with van der Waals surface area (Å²) >= 11 is 0. The van der Waals surface area contributed by atoms with E-state index in [2.05, 4.69) is 23.8 Å². The summed E-state index contributed by atoms with van der Waals surface area (Å²) in [6, 6.07) is 35.1. The fourth-order valence-corrected chi connectivity index (χ4v) is 6.36. The number of aliphatic hydroxyl groups is 1. The van der Waals surface area contributed by atoms with Crippen LogP contribution in [0.25, 0.3) is 0 Å². The Balaban J connectivity index is 1.41. The van der Waals surface area contributed by atoms with Gasteiger partial charge in [0.1, 0.15) is 18.5 Å². The van der Waals surface area contributed by atoms with Gasteiger partial charge in [-0.15, -0.1) is 13.2 Å². The SMILES string of the molecule is C=CCCC(Cc1ccccc1)C(=O)OC(c1ccccc1)C(COC)NC(=O)C(CC=C)CC(=O)NC(CO)Cc1ccc(OCc2ccccc2)cc1. The third-order valence-electron chi connectivity index (χ3n) is 9.28. The molecule has 0 heterocycles. The van der Waals surface area contributed by atoms with Crippen molar-refractivity contribution in [1.29, 1.82) is 0 Å². The quantitative estimate of drug-likeness (QED) is 0.0516. The average Bonchev–Trinajstić information content (AvgIpc) is 3.21. The Bertz CT molecular complexity index is 1750. The molecule has 0 aliphatic heterocycles. The summed E-state index contributed by atoms with van der Waals surface area (Å²) in [6.45, 7) is 7.86. The number of benzene rings is 4. The number of allylic oxidation sites excluding steroid dienone is 2. The second-order valence-corrected chi connectivity index (χ2v) is 13.6. The number of aliphatic hydroxyl groups excluding tert-OH is 1. The van der Waals surface area contributed by atoms with Crippen molar-refractivity contribution in [3.05, 3.63) is 163 Å². The van der Waals surface area contributed by atoms with E-state index < -0.39 is 35.9 Å². The van der Waals surface area contributed by atoms with Gasteiger partial charge in [0.25, 0.3) is 0 Å². The first-order valence-corrected chi connectivity index (χ1v) is 18.8. The summed E-state index contributed by atoms with van der Waals surface area (Å²) < 4.78 is 17.7. The predicted octanol–water partition coefficient (Wildman–Crippen LogP) is 7.11. The van der Waals surface area contributed by atoms with Crippen LogP contribution in [0, 0.1) is 11.8 Å². The van der Waals surface area contributed by atoms with Crippen molar-refractivity contribution in [1.82, 2.24) is 10.6 Å². The standard InChI is InChI=1S/C46H54N2O7/c1-4-6-21-39(28-34-17-10-7-11-18-34)46(52)55-44(37-22-14-9-15-23-37)42(33-53-3)48-45(51)38(16-5-2)30-43(50)47-40(31-49)29-35-24-26-41(27-25-35)54-32-36-19-12-8-13-20-36/h4-5,7-15,17-20,22-27,38-40,42,44,49H,1-2,6,16,21,28-33H2,3H3,(H,47,50)(H,48,51). The Morgan fingerprint density at radius 2 is 1.36 bits per heavy atom. The fraction of sp³-hybridized carbons (Fsp3) is 0.326. The number of nitrogens with one attached hydrogen (secondary N) is 2. The highest BCUT2D eigenvalue weighted by atomic mass is 16.5. The zero-order valence-corrected chi connectivity index (χ0v) is 31.7. The molecule has 4 aromatic carbocycles. The van der Waals surface area contributed by atoms with Crippen LogP contribution in [0.5, 0.6) is 5.75 Å². The Kier molecular flexibility index (Phi) is 17.9. The molecular weight excluding hydrogens is 693 g/mol. The highest BCUT2D eigenvalue weighted by Gasteiger charge is 2.33. The van der Waals surface area contributed by atoms with Crippen LogP contribution < -0.4 is 15.4 Å². The first kappa shape index (κ1) is 42.2. The van der Waals surface area contributed by atoms with Crippen LogP contribution >= 0.6 is 0 Å². The molecule has 0 fully saturated rings. The lowest BCUT2D eigenvalue weighted by molar-refractivity contribution is -0.158. The molecule has 3 N–H and O–H groups in total. The molecule has 0 aromatic heterocycles. The number of carbonyl (C=O) groups excluding carboxylic acids is 3. The van der Waals surface area contributed by atoms with Crippen molar-refractivity contribution in [3.63, 3.8) is 0 Å². The van der Waals surface area contributed by atoms with E-state index in [1.807, 2.05) is 115 Å². The van der Waals surface area contributed by atoms with Crippen LogP contribution in [0.4, 0.5) is 0 Å². The van der Waals surface area contributed by atoms with Crippen LogP contribution in [0.15, 0.2) is 141 Å². The lowest BCUT2D eigenvalue weighted by Gasteiger charge is -2.30. The minimum Gasteiger partial charge on any atom is -0.489 e. The highest BCUT2D eigenvalue weighted by Crippen LogP contribution is 2.27. The van der Waals surface area contributed by atoms with E-state index >= 15 is 0 Å². The Morgan fingerprint density at radius 3 is 1.96 bits per heavy atom. The average molecular weight is 747 g/mol. The van der Waals surface area contributed by atoms with Gasteiger partial charge in [-0.25, -0.2) is 0 Å². The molecule has 9 heteroatoms. The molecule has 4 rings (SSSR count). The van der Waals surface area contributed by atoms with Crippen LogP contribution in [0.3, 0.4) is 0 Å². The Hall–Kier alpha value is -5.51. The minimum atomic E-state index is -0.869. The molecule has 2 amide bonds. The maximum atomic E-state index is 13.9. The van der Waals surface area contributed by atoms with Gasteiger partial charge in [-0.05, 0) is 66.5 Å². The van der Waals surface area contributed by atoms with E-state index in [0.29, 0.717) is 43.6 Å². The monoisotopic (exact) mass is 746 g/mol. The number of esters is 1. The first-order chi connectivity index (χ1) is 26.8. The van der Waals surface area contributed by atoms with Gasteiger partial charge in [-0.3, -0.25) is 14.4 Å². The van der Waals surface area contributed by atoms with Gasteiger partial charge >= 0.3 is 5.97 Å². The minimum absolute atomic E-state index is 0.0459. The normalized spacial score (nSPS) is 13.6. The van der Waals surface area contributed by atoms with E-state index in [9.17, 15) is 19.5 Å². The molecule has 0 spiro atoms. The zero-order chi connectivity index (χ0) is 39.3. The van der Waals surface area contributed by atoms with Gasteiger partial charge in [0, 0.05) is 13.5 Å². The van der Waals surface area contributed by atoms with E-state index in [1.54, 1.807) is 12.2 Å². The molecule has 0 bridgehead atoms. The fourth-order valence-electron chi connectivity index (χ4n) is 6.36. The van der Waals surface area contributed by atoms with Crippen LogP contribution in [0.2, 0.25) is 0 Å². The molecule has 0 aliphatic carbocycles. The van der Waals surface area contributed by atoms with E-state index in [1.165, 1.54) is 7.11 Å². The number of ether oxygens (including phenoxy) is 3. The molecule has 0 saturated carbocycles. The van der Waals surface area contributed by atoms with E-state index in [4.69, 9.17) is 14.2 Å². The van der Waals surface area contributed by atoms with E-state index in [0.717, 1.165) is 16.7 Å². The molecule has 4 aromatic rings. The van der Waals surface area contributed by atoms with Gasteiger partial charge in [-0.1, -0.05) is 115 Å². The van der Waals surface area contributed by atoms with Gasteiger partial charge < -0.3 is 30.0 Å². The molecule has 0 radical (unpaired) electrons. The van der Waals surface area contributed by atoms with Crippen molar-refractivity contribution in [3.8, 4) is 5.75 Å². The molecule has 290 valence electrons. The maximum absolute atomic E-state index is 13.9. The molecular formula is C46H54N2O7. The van der Waals surface area contributed by atoms with E-state index in [-0.39, 0.29) is 37.9 Å². The third kappa shape index (κ3) is 14.3. The number of methoxy groups -OCH3 is 1. The number of rotatable bonds is 24. The van der Waals surface area contributed by atoms with Crippen molar-refractivity contribution in [2.45, 2.75) is 63.3 Å². The summed E-state index contributed by atoms with van der Waals surface area (Å²) in [7, 11) is 1.51. The Labute approximate surface area is 325 Å². The first-order valence-electron chi connectivity index (χ1n) is 18.8.